The van der Waals surface area contributed by atoms with Crippen LogP contribution >= 0.6 is 11.3 Å². The molecule has 1 fully saturated rings. The fourth-order valence-corrected chi connectivity index (χ4v) is 3.25. The first-order valence-corrected chi connectivity index (χ1v) is 6.91. The molecule has 1 aromatic rings. The maximum absolute atomic E-state index is 11.2. The molecule has 0 saturated heterocycles. The number of nitrogens with one attached hydrogen (secondary N) is 1. The summed E-state index contributed by atoms with van der Waals surface area (Å²) in [4.78, 5) is 11.4. The third-order valence-electron chi connectivity index (χ3n) is 3.31. The standard InChI is InChI=1S/C12H16N4O2S/c13-5-8-9(14)10(11(15)18)19-12(8)16-6-1-3-7(17)4-2-6/h6-7,16-17H,1-4,14H2,(H2,15,18). The van der Waals surface area contributed by atoms with Crippen LogP contribution in [-0.4, -0.2) is 23.2 Å². The van der Waals surface area contributed by atoms with E-state index in [9.17, 15) is 9.90 Å². The molecule has 0 unspecified atom stereocenters. The highest BCUT2D eigenvalue weighted by Crippen LogP contribution is 2.36. The Labute approximate surface area is 115 Å². The van der Waals surface area contributed by atoms with Crippen molar-refractivity contribution in [3.63, 3.8) is 0 Å². The largest absolute Gasteiger partial charge is 0.396 e. The summed E-state index contributed by atoms with van der Waals surface area (Å²) < 4.78 is 0. The summed E-state index contributed by atoms with van der Waals surface area (Å²) in [6.07, 6.45) is 2.90. The van der Waals surface area contributed by atoms with Crippen molar-refractivity contribution in [3.8, 4) is 6.07 Å². The zero-order chi connectivity index (χ0) is 14.0. The Morgan fingerprint density at radius 1 is 1.42 bits per heavy atom. The van der Waals surface area contributed by atoms with Gasteiger partial charge in [0.2, 0.25) is 0 Å². The molecule has 1 heterocycles. The molecular weight excluding hydrogens is 264 g/mol. The van der Waals surface area contributed by atoms with Gasteiger partial charge in [-0.25, -0.2) is 0 Å². The van der Waals surface area contributed by atoms with Gasteiger partial charge in [-0.2, -0.15) is 5.26 Å². The number of aliphatic hydroxyl groups excluding tert-OH is 1. The Kier molecular flexibility index (Phi) is 3.93. The van der Waals surface area contributed by atoms with Gasteiger partial charge in [-0.1, -0.05) is 0 Å². The van der Waals surface area contributed by atoms with Crippen molar-refractivity contribution >= 4 is 27.9 Å². The number of nitriles is 1. The van der Waals surface area contributed by atoms with Gasteiger partial charge in [-0.05, 0) is 25.7 Å². The number of anilines is 2. The molecular formula is C12H16N4O2S. The first-order chi connectivity index (χ1) is 9.02. The molecule has 1 aliphatic rings. The molecule has 102 valence electrons. The van der Waals surface area contributed by atoms with E-state index in [0.717, 1.165) is 37.0 Å². The Bertz CT molecular complexity index is 527. The van der Waals surface area contributed by atoms with E-state index in [4.69, 9.17) is 16.7 Å². The zero-order valence-electron chi connectivity index (χ0n) is 10.3. The minimum absolute atomic E-state index is 0.151. The maximum atomic E-state index is 11.2. The van der Waals surface area contributed by atoms with Crippen LogP contribution in [0.4, 0.5) is 10.7 Å². The second kappa shape index (κ2) is 5.47. The Morgan fingerprint density at radius 2 is 2.05 bits per heavy atom. The number of nitrogen functional groups attached to an aromatic ring is 1. The highest BCUT2D eigenvalue weighted by Gasteiger charge is 2.24. The molecule has 6 N–H and O–H groups in total. The molecule has 1 saturated carbocycles. The van der Waals surface area contributed by atoms with E-state index in [1.807, 2.05) is 6.07 Å². The Morgan fingerprint density at radius 3 is 2.58 bits per heavy atom. The molecule has 0 radical (unpaired) electrons. The van der Waals surface area contributed by atoms with Crippen LogP contribution in [0.1, 0.15) is 40.9 Å². The highest BCUT2D eigenvalue weighted by molar-refractivity contribution is 7.18. The molecule has 1 aromatic heterocycles. The summed E-state index contributed by atoms with van der Waals surface area (Å²) >= 11 is 1.12. The highest BCUT2D eigenvalue weighted by atomic mass is 32.1. The predicted octanol–water partition coefficient (Wildman–Crippen LogP) is 1.02. The van der Waals surface area contributed by atoms with Crippen molar-refractivity contribution < 1.29 is 9.90 Å². The average Bonchev–Trinajstić information content (AvgIpc) is 2.68. The summed E-state index contributed by atoms with van der Waals surface area (Å²) in [5.74, 6) is -0.619. The lowest BCUT2D eigenvalue weighted by molar-refractivity contribution is 0.100. The number of aliphatic hydroxyl groups is 1. The van der Waals surface area contributed by atoms with Crippen molar-refractivity contribution in [1.29, 1.82) is 5.26 Å². The van der Waals surface area contributed by atoms with Gasteiger partial charge in [0.15, 0.2) is 0 Å². The number of nitrogens with zero attached hydrogens (tertiary/aromatic N) is 1. The van der Waals surface area contributed by atoms with Crippen LogP contribution in [0.5, 0.6) is 0 Å². The van der Waals surface area contributed by atoms with Gasteiger partial charge in [-0.15, -0.1) is 11.3 Å². The molecule has 1 amide bonds. The maximum Gasteiger partial charge on any atom is 0.261 e. The van der Waals surface area contributed by atoms with Crippen molar-refractivity contribution in [1.82, 2.24) is 0 Å². The SMILES string of the molecule is N#Cc1c(NC2CCC(O)CC2)sc(C(N)=O)c1N. The third-order valence-corrected chi connectivity index (χ3v) is 4.46. The molecule has 1 aliphatic carbocycles. The molecule has 0 aromatic carbocycles. The number of thiophene rings is 1. The van der Waals surface area contributed by atoms with Crippen LogP contribution in [0.3, 0.4) is 0 Å². The minimum Gasteiger partial charge on any atom is -0.396 e. The average molecular weight is 280 g/mol. The van der Waals surface area contributed by atoms with Crippen molar-refractivity contribution in [2.75, 3.05) is 11.1 Å². The molecule has 0 atom stereocenters. The van der Waals surface area contributed by atoms with Gasteiger partial charge in [0.1, 0.15) is 21.5 Å². The lowest BCUT2D eigenvalue weighted by Crippen LogP contribution is -2.28. The fourth-order valence-electron chi connectivity index (χ4n) is 2.25. The Balaban J connectivity index is 2.18. The van der Waals surface area contributed by atoms with Gasteiger partial charge in [0.05, 0.1) is 11.8 Å². The van der Waals surface area contributed by atoms with Crippen LogP contribution in [-0.2, 0) is 0 Å². The van der Waals surface area contributed by atoms with Gasteiger partial charge in [0.25, 0.3) is 5.91 Å². The van der Waals surface area contributed by atoms with E-state index in [1.165, 1.54) is 0 Å². The second-order valence-electron chi connectivity index (χ2n) is 4.67. The van der Waals surface area contributed by atoms with E-state index in [0.29, 0.717) is 5.00 Å². The van der Waals surface area contributed by atoms with Gasteiger partial charge in [0, 0.05) is 6.04 Å². The van der Waals surface area contributed by atoms with E-state index in [1.54, 1.807) is 0 Å². The summed E-state index contributed by atoms with van der Waals surface area (Å²) in [7, 11) is 0. The third kappa shape index (κ3) is 2.80. The first kappa shape index (κ1) is 13.6. The van der Waals surface area contributed by atoms with Gasteiger partial charge in [-0.3, -0.25) is 4.79 Å². The lowest BCUT2D eigenvalue weighted by atomic mass is 9.93. The molecule has 0 bridgehead atoms. The Hall–Kier alpha value is -1.78. The topological polar surface area (TPSA) is 125 Å². The number of amides is 1. The molecule has 7 heteroatoms. The molecule has 0 spiro atoms. The van der Waals surface area contributed by atoms with Crippen LogP contribution in [0.25, 0.3) is 0 Å². The lowest BCUT2D eigenvalue weighted by Gasteiger charge is -2.26. The zero-order valence-corrected chi connectivity index (χ0v) is 11.2. The van der Waals surface area contributed by atoms with E-state index < -0.39 is 5.91 Å². The molecule has 2 rings (SSSR count). The minimum atomic E-state index is -0.619. The summed E-state index contributed by atoms with van der Waals surface area (Å²) in [5, 5.41) is 22.4. The van der Waals surface area contributed by atoms with Crippen LogP contribution in [0.2, 0.25) is 0 Å². The number of hydrogen-bond acceptors (Lipinski definition) is 6. The number of rotatable bonds is 3. The second-order valence-corrected chi connectivity index (χ2v) is 5.70. The van der Waals surface area contributed by atoms with Crippen molar-refractivity contribution in [2.24, 2.45) is 5.73 Å². The molecule has 19 heavy (non-hydrogen) atoms. The van der Waals surface area contributed by atoms with Gasteiger partial charge < -0.3 is 21.9 Å². The fraction of sp³-hybridized carbons (Fsp3) is 0.500. The predicted molar refractivity (Wildman–Crippen MR) is 73.8 cm³/mol. The number of primary amides is 1. The van der Waals surface area contributed by atoms with Crippen LogP contribution in [0.15, 0.2) is 0 Å². The summed E-state index contributed by atoms with van der Waals surface area (Å²) in [5.41, 5.74) is 11.4. The van der Waals surface area contributed by atoms with Crippen molar-refractivity contribution in [3.05, 3.63) is 10.4 Å². The number of carbonyl (C=O) groups is 1. The summed E-state index contributed by atoms with van der Waals surface area (Å²) in [6.45, 7) is 0. The van der Waals surface area contributed by atoms with Crippen molar-refractivity contribution in [2.45, 2.75) is 37.8 Å². The number of hydrogen-bond donors (Lipinski definition) is 4. The van der Waals surface area contributed by atoms with E-state index in [-0.39, 0.29) is 28.3 Å². The van der Waals surface area contributed by atoms with E-state index in [2.05, 4.69) is 5.32 Å². The smallest absolute Gasteiger partial charge is 0.261 e. The summed E-state index contributed by atoms with van der Waals surface area (Å²) in [6, 6.07) is 2.19. The number of nitrogens with two attached hydrogens (primary N) is 2. The number of carbonyl (C=O) groups excluding carboxylic acids is 1. The van der Waals surface area contributed by atoms with Crippen LogP contribution in [0, 0.1) is 11.3 Å². The van der Waals surface area contributed by atoms with Crippen LogP contribution < -0.4 is 16.8 Å². The normalized spacial score (nSPS) is 22.7. The van der Waals surface area contributed by atoms with E-state index >= 15 is 0 Å². The quantitative estimate of drug-likeness (QED) is 0.657. The van der Waals surface area contributed by atoms with Gasteiger partial charge >= 0.3 is 0 Å². The first-order valence-electron chi connectivity index (χ1n) is 6.09. The monoisotopic (exact) mass is 280 g/mol. The molecule has 6 nitrogen and oxygen atoms in total. The molecule has 0 aliphatic heterocycles.